The molecule has 0 aliphatic carbocycles. The van der Waals surface area contributed by atoms with Crippen LogP contribution in [0.3, 0.4) is 0 Å². The lowest BCUT2D eigenvalue weighted by atomic mass is 10.0. The average molecular weight is 357 g/mol. The molecule has 6 heteroatoms. The van der Waals surface area contributed by atoms with Crippen molar-refractivity contribution in [2.75, 3.05) is 12.3 Å². The number of anilines is 1. The zero-order valence-electron chi connectivity index (χ0n) is 13.3. The number of hydrogen-bond donors (Lipinski definition) is 2. The molecular weight excluding hydrogens is 337 g/mol. The predicted octanol–water partition coefficient (Wildman–Crippen LogP) is 5.22. The standard InChI is InChI=1S/C18H20ClF3N2/c1-2-17(13-4-3-5-14(23)11-13)24-9-8-12-6-7-15(16(19)10-12)18(20,21)22/h3-7,10-11,17,24H,2,8-9,23H2,1H3. The number of halogens is 4. The van der Waals surface area contributed by atoms with Gasteiger partial charge < -0.3 is 11.1 Å². The Morgan fingerprint density at radius 3 is 2.50 bits per heavy atom. The summed E-state index contributed by atoms with van der Waals surface area (Å²) in [5.41, 5.74) is 7.58. The van der Waals surface area contributed by atoms with Crippen LogP contribution in [0.2, 0.25) is 5.02 Å². The lowest BCUT2D eigenvalue weighted by molar-refractivity contribution is -0.137. The molecule has 0 radical (unpaired) electrons. The lowest BCUT2D eigenvalue weighted by Gasteiger charge is -2.18. The van der Waals surface area contributed by atoms with E-state index < -0.39 is 11.7 Å². The molecule has 0 amide bonds. The highest BCUT2D eigenvalue weighted by Crippen LogP contribution is 2.35. The van der Waals surface area contributed by atoms with E-state index in [9.17, 15) is 13.2 Å². The van der Waals surface area contributed by atoms with Crippen LogP contribution in [0.5, 0.6) is 0 Å². The molecule has 0 heterocycles. The van der Waals surface area contributed by atoms with Crippen LogP contribution >= 0.6 is 11.6 Å². The first-order chi connectivity index (χ1) is 11.3. The van der Waals surface area contributed by atoms with Crippen LogP contribution in [-0.4, -0.2) is 6.54 Å². The van der Waals surface area contributed by atoms with E-state index in [1.807, 2.05) is 24.3 Å². The summed E-state index contributed by atoms with van der Waals surface area (Å²) >= 11 is 5.74. The zero-order chi connectivity index (χ0) is 17.7. The van der Waals surface area contributed by atoms with Gasteiger partial charge in [0.25, 0.3) is 0 Å². The van der Waals surface area contributed by atoms with E-state index >= 15 is 0 Å². The molecule has 130 valence electrons. The van der Waals surface area contributed by atoms with Crippen LogP contribution in [0.4, 0.5) is 18.9 Å². The summed E-state index contributed by atoms with van der Waals surface area (Å²) < 4.78 is 38.1. The van der Waals surface area contributed by atoms with Crippen LogP contribution in [0.1, 0.15) is 36.1 Å². The Morgan fingerprint density at radius 2 is 1.92 bits per heavy atom. The van der Waals surface area contributed by atoms with Gasteiger partial charge >= 0.3 is 6.18 Å². The molecule has 3 N–H and O–H groups in total. The second-order valence-corrected chi connectivity index (χ2v) is 6.05. The number of nitrogens with one attached hydrogen (secondary N) is 1. The molecule has 2 nitrogen and oxygen atoms in total. The lowest BCUT2D eigenvalue weighted by Crippen LogP contribution is -2.23. The van der Waals surface area contributed by atoms with Gasteiger partial charge in [-0.15, -0.1) is 0 Å². The minimum Gasteiger partial charge on any atom is -0.399 e. The van der Waals surface area contributed by atoms with E-state index in [1.165, 1.54) is 12.1 Å². The normalized spacial score (nSPS) is 13.0. The van der Waals surface area contributed by atoms with E-state index in [0.29, 0.717) is 18.7 Å². The van der Waals surface area contributed by atoms with Crippen molar-refractivity contribution in [3.8, 4) is 0 Å². The highest BCUT2D eigenvalue weighted by atomic mass is 35.5. The second-order valence-electron chi connectivity index (χ2n) is 5.65. The Bertz CT molecular complexity index is 686. The summed E-state index contributed by atoms with van der Waals surface area (Å²) in [6.45, 7) is 2.70. The minimum absolute atomic E-state index is 0.151. The third kappa shape index (κ3) is 4.89. The van der Waals surface area contributed by atoms with Gasteiger partial charge in [0, 0.05) is 11.7 Å². The monoisotopic (exact) mass is 356 g/mol. The SMILES string of the molecule is CCC(NCCc1ccc(C(F)(F)F)c(Cl)c1)c1cccc(N)c1. The largest absolute Gasteiger partial charge is 0.417 e. The molecule has 1 unspecified atom stereocenters. The third-order valence-electron chi connectivity index (χ3n) is 3.86. The minimum atomic E-state index is -4.42. The van der Waals surface area contributed by atoms with Crippen molar-refractivity contribution >= 4 is 17.3 Å². The molecule has 0 aliphatic heterocycles. The summed E-state index contributed by atoms with van der Waals surface area (Å²) in [7, 11) is 0. The van der Waals surface area contributed by atoms with E-state index in [1.54, 1.807) is 0 Å². The summed E-state index contributed by atoms with van der Waals surface area (Å²) in [6.07, 6.45) is -2.94. The Labute approximate surface area is 144 Å². The van der Waals surface area contributed by atoms with Crippen LogP contribution in [0.25, 0.3) is 0 Å². The van der Waals surface area contributed by atoms with E-state index in [-0.39, 0.29) is 11.1 Å². The Morgan fingerprint density at radius 1 is 1.17 bits per heavy atom. The second kappa shape index (κ2) is 7.90. The van der Waals surface area contributed by atoms with Crippen molar-refractivity contribution in [3.63, 3.8) is 0 Å². The van der Waals surface area contributed by atoms with Crippen LogP contribution in [0.15, 0.2) is 42.5 Å². The molecule has 2 rings (SSSR count). The Balaban J connectivity index is 1.97. The van der Waals surface area contributed by atoms with Gasteiger partial charge in [-0.3, -0.25) is 0 Å². The molecule has 0 spiro atoms. The molecular formula is C18H20ClF3N2. The number of alkyl halides is 3. The first-order valence-corrected chi connectivity index (χ1v) is 8.13. The summed E-state index contributed by atoms with van der Waals surface area (Å²) in [4.78, 5) is 0. The van der Waals surface area contributed by atoms with Gasteiger partial charge in [-0.1, -0.05) is 36.7 Å². The van der Waals surface area contributed by atoms with E-state index in [0.717, 1.165) is 23.6 Å². The number of benzene rings is 2. The van der Waals surface area contributed by atoms with Crippen molar-refractivity contribution in [2.45, 2.75) is 32.0 Å². The fourth-order valence-electron chi connectivity index (χ4n) is 2.61. The Hall–Kier alpha value is -1.72. The topological polar surface area (TPSA) is 38.0 Å². The fourth-order valence-corrected chi connectivity index (χ4v) is 2.92. The first kappa shape index (κ1) is 18.6. The van der Waals surface area contributed by atoms with Crippen molar-refractivity contribution in [2.24, 2.45) is 0 Å². The van der Waals surface area contributed by atoms with E-state index in [2.05, 4.69) is 12.2 Å². The molecule has 0 aliphatic rings. The Kier molecular flexibility index (Phi) is 6.13. The zero-order valence-corrected chi connectivity index (χ0v) is 14.1. The van der Waals surface area contributed by atoms with Crippen molar-refractivity contribution in [1.29, 1.82) is 0 Å². The van der Waals surface area contributed by atoms with Crippen molar-refractivity contribution in [3.05, 3.63) is 64.2 Å². The van der Waals surface area contributed by atoms with Crippen molar-refractivity contribution in [1.82, 2.24) is 5.32 Å². The van der Waals surface area contributed by atoms with E-state index in [4.69, 9.17) is 17.3 Å². The van der Waals surface area contributed by atoms with Gasteiger partial charge in [0.1, 0.15) is 0 Å². The quantitative estimate of drug-likeness (QED) is 0.696. The highest BCUT2D eigenvalue weighted by Gasteiger charge is 2.32. The summed E-state index contributed by atoms with van der Waals surface area (Å²) in [5.74, 6) is 0. The number of rotatable bonds is 6. The van der Waals surface area contributed by atoms with Crippen molar-refractivity contribution < 1.29 is 13.2 Å². The smallest absolute Gasteiger partial charge is 0.399 e. The third-order valence-corrected chi connectivity index (χ3v) is 4.18. The van der Waals surface area contributed by atoms with Crippen LogP contribution < -0.4 is 11.1 Å². The molecule has 2 aromatic rings. The van der Waals surface area contributed by atoms with Gasteiger partial charge in [0.2, 0.25) is 0 Å². The van der Waals surface area contributed by atoms with Gasteiger partial charge in [-0.25, -0.2) is 0 Å². The molecule has 2 aromatic carbocycles. The maximum absolute atomic E-state index is 12.7. The predicted molar refractivity (Wildman–Crippen MR) is 92.0 cm³/mol. The number of nitrogens with two attached hydrogens (primary N) is 1. The molecule has 0 aromatic heterocycles. The van der Waals surface area contributed by atoms with Gasteiger partial charge in [-0.05, 0) is 54.8 Å². The number of nitrogen functional groups attached to an aromatic ring is 1. The van der Waals surface area contributed by atoms with Gasteiger partial charge in [0.15, 0.2) is 0 Å². The fraction of sp³-hybridized carbons (Fsp3) is 0.333. The first-order valence-electron chi connectivity index (χ1n) is 7.75. The molecule has 24 heavy (non-hydrogen) atoms. The molecule has 0 saturated heterocycles. The van der Waals surface area contributed by atoms with Crippen LogP contribution in [0, 0.1) is 0 Å². The molecule has 0 saturated carbocycles. The molecule has 1 atom stereocenters. The number of hydrogen-bond acceptors (Lipinski definition) is 2. The van der Waals surface area contributed by atoms with Crippen LogP contribution in [-0.2, 0) is 12.6 Å². The summed E-state index contributed by atoms with van der Waals surface area (Å²) in [6, 6.07) is 11.7. The maximum Gasteiger partial charge on any atom is 0.417 e. The highest BCUT2D eigenvalue weighted by molar-refractivity contribution is 6.31. The molecule has 0 bridgehead atoms. The summed E-state index contributed by atoms with van der Waals surface area (Å²) in [5, 5.41) is 3.14. The molecule has 0 fully saturated rings. The average Bonchev–Trinajstić information content (AvgIpc) is 2.50. The van der Waals surface area contributed by atoms with Gasteiger partial charge in [0.05, 0.1) is 10.6 Å². The maximum atomic E-state index is 12.7. The van der Waals surface area contributed by atoms with Gasteiger partial charge in [-0.2, -0.15) is 13.2 Å².